The van der Waals surface area contributed by atoms with Gasteiger partial charge in [0.25, 0.3) is 5.89 Å². The van der Waals surface area contributed by atoms with Gasteiger partial charge in [0, 0.05) is 13.0 Å². The van der Waals surface area contributed by atoms with Crippen LogP contribution in [-0.2, 0) is 22.2 Å². The summed E-state index contributed by atoms with van der Waals surface area (Å²) < 4.78 is 45.8. The van der Waals surface area contributed by atoms with Gasteiger partial charge in [0.1, 0.15) is 5.82 Å². The van der Waals surface area contributed by atoms with Crippen molar-refractivity contribution in [2.45, 2.75) is 19.1 Å². The van der Waals surface area contributed by atoms with Crippen LogP contribution in [0.15, 0.2) is 52.9 Å². The van der Waals surface area contributed by atoms with E-state index in [0.29, 0.717) is 5.56 Å². The number of nitrogens with one attached hydrogen (secondary N) is 1. The van der Waals surface area contributed by atoms with Gasteiger partial charge in [-0.3, -0.25) is 0 Å². The Labute approximate surface area is 151 Å². The highest BCUT2D eigenvalue weighted by atomic mass is 32.2. The van der Waals surface area contributed by atoms with Gasteiger partial charge in [0.2, 0.25) is 15.9 Å². The summed E-state index contributed by atoms with van der Waals surface area (Å²) in [5.41, 5.74) is 2.00. The minimum absolute atomic E-state index is 0.0700. The lowest BCUT2D eigenvalue weighted by Crippen LogP contribution is -2.27. The maximum atomic E-state index is 13.7. The van der Waals surface area contributed by atoms with Crippen LogP contribution in [0.4, 0.5) is 4.39 Å². The number of halogens is 1. The first-order valence-corrected chi connectivity index (χ1v) is 9.68. The van der Waals surface area contributed by atoms with Gasteiger partial charge in [-0.15, -0.1) is 10.2 Å². The molecule has 0 saturated carbocycles. The molecular weight excluding hydrogens is 357 g/mol. The van der Waals surface area contributed by atoms with Crippen LogP contribution in [0.3, 0.4) is 0 Å². The van der Waals surface area contributed by atoms with Gasteiger partial charge in [-0.1, -0.05) is 42.0 Å². The first-order chi connectivity index (χ1) is 12.4. The second-order valence-electron chi connectivity index (χ2n) is 5.87. The molecule has 0 saturated heterocycles. The lowest BCUT2D eigenvalue weighted by Gasteiger charge is -2.06. The quantitative estimate of drug-likeness (QED) is 0.686. The van der Waals surface area contributed by atoms with E-state index >= 15 is 0 Å². The normalized spacial score (nSPS) is 11.6. The molecule has 0 aliphatic heterocycles. The van der Waals surface area contributed by atoms with Gasteiger partial charge in [-0.05, 0) is 24.6 Å². The summed E-state index contributed by atoms with van der Waals surface area (Å²) >= 11 is 0. The number of hydrogen-bond donors (Lipinski definition) is 1. The molecule has 136 valence electrons. The molecule has 0 atom stereocenters. The maximum Gasteiger partial charge on any atom is 0.250 e. The number of sulfonamides is 1. The molecule has 3 aromatic rings. The first kappa shape index (κ1) is 18.2. The molecule has 1 heterocycles. The number of nitrogens with zero attached hydrogens (tertiary/aromatic N) is 2. The van der Waals surface area contributed by atoms with Crippen LogP contribution in [0.5, 0.6) is 0 Å². The van der Waals surface area contributed by atoms with E-state index in [1.165, 1.54) is 12.1 Å². The van der Waals surface area contributed by atoms with Crippen molar-refractivity contribution in [1.29, 1.82) is 0 Å². The number of benzene rings is 2. The molecule has 0 aliphatic rings. The molecule has 0 spiro atoms. The van der Waals surface area contributed by atoms with E-state index in [0.717, 1.165) is 5.56 Å². The van der Waals surface area contributed by atoms with Crippen LogP contribution in [0.1, 0.15) is 17.0 Å². The third kappa shape index (κ3) is 4.74. The highest BCUT2D eigenvalue weighted by molar-refractivity contribution is 7.88. The van der Waals surface area contributed by atoms with E-state index < -0.39 is 15.8 Å². The topological polar surface area (TPSA) is 85.1 Å². The summed E-state index contributed by atoms with van der Waals surface area (Å²) in [7, 11) is -3.47. The van der Waals surface area contributed by atoms with Crippen molar-refractivity contribution in [3.63, 3.8) is 0 Å². The Kier molecular flexibility index (Phi) is 5.43. The van der Waals surface area contributed by atoms with Crippen molar-refractivity contribution >= 4 is 10.0 Å². The van der Waals surface area contributed by atoms with Crippen molar-refractivity contribution in [3.05, 3.63) is 71.4 Å². The van der Waals surface area contributed by atoms with Crippen LogP contribution >= 0.6 is 0 Å². The molecule has 0 amide bonds. The van der Waals surface area contributed by atoms with Crippen molar-refractivity contribution in [1.82, 2.24) is 14.9 Å². The van der Waals surface area contributed by atoms with Gasteiger partial charge < -0.3 is 4.42 Å². The molecule has 0 fully saturated rings. The smallest absolute Gasteiger partial charge is 0.250 e. The maximum absolute atomic E-state index is 13.7. The van der Waals surface area contributed by atoms with Crippen LogP contribution in [-0.4, -0.2) is 25.2 Å². The fourth-order valence-corrected chi connectivity index (χ4v) is 3.51. The predicted molar refractivity (Wildman–Crippen MR) is 95.2 cm³/mol. The fourth-order valence-electron chi connectivity index (χ4n) is 2.37. The van der Waals surface area contributed by atoms with Gasteiger partial charge in [-0.2, -0.15) is 0 Å². The lowest BCUT2D eigenvalue weighted by molar-refractivity contribution is 0.498. The SMILES string of the molecule is Cc1ccc(CS(=O)(=O)NCCc2nnc(-c3ccccc3F)o2)cc1. The molecule has 0 radical (unpaired) electrons. The zero-order valence-electron chi connectivity index (χ0n) is 14.1. The Bertz CT molecular complexity index is 985. The highest BCUT2D eigenvalue weighted by Crippen LogP contribution is 2.20. The largest absolute Gasteiger partial charge is 0.421 e. The molecule has 3 rings (SSSR count). The third-order valence-electron chi connectivity index (χ3n) is 3.71. The zero-order chi connectivity index (χ0) is 18.6. The van der Waals surface area contributed by atoms with Crippen molar-refractivity contribution in [3.8, 4) is 11.5 Å². The Hall–Kier alpha value is -2.58. The Morgan fingerprint density at radius 3 is 2.54 bits per heavy atom. The molecular formula is C18H18FN3O3S. The van der Waals surface area contributed by atoms with Gasteiger partial charge in [0.15, 0.2) is 0 Å². The van der Waals surface area contributed by atoms with Crippen LogP contribution in [0, 0.1) is 12.7 Å². The Balaban J connectivity index is 1.56. The molecule has 6 nitrogen and oxygen atoms in total. The first-order valence-electron chi connectivity index (χ1n) is 8.03. The number of rotatable bonds is 7. The monoisotopic (exact) mass is 375 g/mol. The summed E-state index contributed by atoms with van der Waals surface area (Å²) in [5.74, 6) is -0.249. The Morgan fingerprint density at radius 2 is 1.81 bits per heavy atom. The van der Waals surface area contributed by atoms with E-state index in [1.807, 2.05) is 19.1 Å². The van der Waals surface area contributed by atoms with Gasteiger partial charge in [0.05, 0.1) is 11.3 Å². The second-order valence-corrected chi connectivity index (χ2v) is 7.68. The minimum atomic E-state index is -3.47. The standard InChI is InChI=1S/C18H18FN3O3S/c1-13-6-8-14(9-7-13)12-26(23,24)20-11-10-17-21-22-18(25-17)15-4-2-3-5-16(15)19/h2-9,20H,10-12H2,1H3. The Morgan fingerprint density at radius 1 is 1.08 bits per heavy atom. The van der Waals surface area contributed by atoms with Gasteiger partial charge >= 0.3 is 0 Å². The van der Waals surface area contributed by atoms with E-state index in [1.54, 1.807) is 24.3 Å². The molecule has 0 unspecified atom stereocenters. The summed E-state index contributed by atoms with van der Waals surface area (Å²) in [4.78, 5) is 0. The summed E-state index contributed by atoms with van der Waals surface area (Å²) in [6.07, 6.45) is 0.217. The third-order valence-corrected chi connectivity index (χ3v) is 5.07. The van der Waals surface area contributed by atoms with E-state index in [9.17, 15) is 12.8 Å². The summed E-state index contributed by atoms with van der Waals surface area (Å²) in [6, 6.07) is 13.4. The van der Waals surface area contributed by atoms with E-state index in [4.69, 9.17) is 4.42 Å². The molecule has 0 aliphatic carbocycles. The fraction of sp³-hybridized carbons (Fsp3) is 0.222. The van der Waals surface area contributed by atoms with E-state index in [-0.39, 0.29) is 36.1 Å². The average Bonchev–Trinajstić information content (AvgIpc) is 3.05. The molecule has 1 aromatic heterocycles. The van der Waals surface area contributed by atoms with Crippen LogP contribution in [0.25, 0.3) is 11.5 Å². The van der Waals surface area contributed by atoms with Crippen LogP contribution < -0.4 is 4.72 Å². The number of aromatic nitrogens is 2. The predicted octanol–water partition coefficient (Wildman–Crippen LogP) is 2.85. The number of aryl methyl sites for hydroxylation is 1. The highest BCUT2D eigenvalue weighted by Gasteiger charge is 2.14. The van der Waals surface area contributed by atoms with Crippen LogP contribution in [0.2, 0.25) is 0 Å². The minimum Gasteiger partial charge on any atom is -0.421 e. The van der Waals surface area contributed by atoms with Crippen molar-refractivity contribution < 1.29 is 17.2 Å². The summed E-state index contributed by atoms with van der Waals surface area (Å²) in [5, 5.41) is 7.63. The number of hydrogen-bond acceptors (Lipinski definition) is 5. The molecule has 1 N–H and O–H groups in total. The molecule has 26 heavy (non-hydrogen) atoms. The molecule has 2 aromatic carbocycles. The summed E-state index contributed by atoms with van der Waals surface area (Å²) in [6.45, 7) is 2.06. The molecule has 8 heteroatoms. The molecule has 0 bridgehead atoms. The average molecular weight is 375 g/mol. The van der Waals surface area contributed by atoms with E-state index in [2.05, 4.69) is 14.9 Å². The second kappa shape index (κ2) is 7.76. The zero-order valence-corrected chi connectivity index (χ0v) is 15.0. The van der Waals surface area contributed by atoms with Gasteiger partial charge in [-0.25, -0.2) is 17.5 Å². The van der Waals surface area contributed by atoms with Crippen molar-refractivity contribution in [2.24, 2.45) is 0 Å². The van der Waals surface area contributed by atoms with Crippen molar-refractivity contribution in [2.75, 3.05) is 6.54 Å². The lowest BCUT2D eigenvalue weighted by atomic mass is 10.2.